The maximum atomic E-state index is 13.6. The molecule has 4 rings (SSSR count). The molecule has 0 bridgehead atoms. The number of para-hydroxylation sites is 1. The zero-order valence-electron chi connectivity index (χ0n) is 27.5. The van der Waals surface area contributed by atoms with Gasteiger partial charge in [0.1, 0.15) is 23.5 Å². The molecule has 0 radical (unpaired) electrons. The number of fused-ring (bicyclic) bond motifs is 1. The molecule has 2 unspecified atom stereocenters. The van der Waals surface area contributed by atoms with Crippen molar-refractivity contribution in [1.29, 1.82) is 5.26 Å². The van der Waals surface area contributed by atoms with E-state index >= 15 is 0 Å². The monoisotopic (exact) mass is 664 g/mol. The van der Waals surface area contributed by atoms with Crippen molar-refractivity contribution < 1.29 is 18.7 Å². The molecular formula is C32H41ClN8O4Si. The first-order valence-electron chi connectivity index (χ1n) is 15.3. The number of hydrogen-bond donors (Lipinski definition) is 1. The van der Waals surface area contributed by atoms with Crippen molar-refractivity contribution in [2.45, 2.75) is 84.2 Å². The Morgan fingerprint density at radius 3 is 2.35 bits per heavy atom. The van der Waals surface area contributed by atoms with Crippen LogP contribution >= 0.6 is 11.6 Å². The predicted octanol–water partition coefficient (Wildman–Crippen LogP) is 6.42. The molecule has 0 spiro atoms. The quantitative estimate of drug-likeness (QED) is 0.150. The fourth-order valence-electron chi connectivity index (χ4n) is 5.92. The minimum Gasteiger partial charge on any atom is -0.461 e. The van der Waals surface area contributed by atoms with Crippen LogP contribution in [-0.4, -0.2) is 69.4 Å². The van der Waals surface area contributed by atoms with Crippen LogP contribution in [-0.2, 0) is 14.0 Å². The molecule has 0 aliphatic heterocycles. The lowest BCUT2D eigenvalue weighted by atomic mass is 10.2. The van der Waals surface area contributed by atoms with Crippen molar-refractivity contribution in [3.8, 4) is 17.6 Å². The number of aryl methyl sites for hydroxylation is 1. The van der Waals surface area contributed by atoms with Gasteiger partial charge in [-0.15, -0.1) is 0 Å². The Morgan fingerprint density at radius 1 is 1.00 bits per heavy atom. The highest BCUT2D eigenvalue weighted by Crippen LogP contribution is 2.42. The van der Waals surface area contributed by atoms with Crippen LogP contribution in [0.1, 0.15) is 59.7 Å². The van der Waals surface area contributed by atoms with Gasteiger partial charge in [-0.3, -0.25) is 9.78 Å². The van der Waals surface area contributed by atoms with Crippen LogP contribution in [0.4, 0.5) is 5.82 Å². The number of rotatable bonds is 14. The first-order valence-corrected chi connectivity index (χ1v) is 17.8. The van der Waals surface area contributed by atoms with Gasteiger partial charge >= 0.3 is 0 Å². The molecule has 4 aromatic rings. The summed E-state index contributed by atoms with van der Waals surface area (Å²) in [6, 6.07) is 7.12. The van der Waals surface area contributed by atoms with Gasteiger partial charge < -0.3 is 19.2 Å². The van der Waals surface area contributed by atoms with Crippen LogP contribution in [0, 0.1) is 18.3 Å². The molecule has 1 N–H and O–H groups in total. The molecule has 12 nitrogen and oxygen atoms in total. The van der Waals surface area contributed by atoms with Gasteiger partial charge in [-0.2, -0.15) is 10.4 Å². The molecule has 244 valence electrons. The lowest BCUT2D eigenvalue weighted by Gasteiger charge is -2.42. The number of anilines is 1. The molecule has 1 amide bonds. The summed E-state index contributed by atoms with van der Waals surface area (Å²) in [7, 11) is -2.11. The Bertz CT molecular complexity index is 1670. The number of halogens is 1. The molecule has 1 aromatic carbocycles. The summed E-state index contributed by atoms with van der Waals surface area (Å²) < 4.78 is 20.6. The summed E-state index contributed by atoms with van der Waals surface area (Å²) in [4.78, 5) is 30.7. The number of carbonyl (C=O) groups is 1. The standard InChI is InChI=1S/C32H41ClN8O4Si/c1-19(2)46(20(3)4,21(5)6)44-16-23(8)43-17-27(31(42)40-28-15-35-22(7)13-36-28)45-32-25-14-39-41(30(25)37-18-38-32)29-24(12-34)10-9-11-26(29)33/h9-11,13-15,18-21,23,27H,16-17H2,1-8H3,(H,36,40,42). The Kier molecular flexibility index (Phi) is 11.4. The van der Waals surface area contributed by atoms with Crippen molar-refractivity contribution in [3.05, 3.63) is 59.4 Å². The summed E-state index contributed by atoms with van der Waals surface area (Å²) in [5.41, 5.74) is 3.02. The highest BCUT2D eigenvalue weighted by molar-refractivity contribution is 6.77. The molecule has 46 heavy (non-hydrogen) atoms. The van der Waals surface area contributed by atoms with Crippen LogP contribution in [0.15, 0.2) is 43.1 Å². The second kappa shape index (κ2) is 15.1. The van der Waals surface area contributed by atoms with E-state index in [0.29, 0.717) is 56.2 Å². The molecule has 0 saturated heterocycles. The smallest absolute Gasteiger partial charge is 0.269 e. The molecule has 0 fully saturated rings. The summed E-state index contributed by atoms with van der Waals surface area (Å²) >= 11 is 6.45. The summed E-state index contributed by atoms with van der Waals surface area (Å²) in [5.74, 6) is -0.126. The zero-order valence-corrected chi connectivity index (χ0v) is 29.2. The third-order valence-electron chi connectivity index (χ3n) is 8.03. The lowest BCUT2D eigenvalue weighted by molar-refractivity contribution is -0.127. The molecular weight excluding hydrogens is 624 g/mol. The van der Waals surface area contributed by atoms with Gasteiger partial charge in [0.2, 0.25) is 12.0 Å². The number of aromatic nitrogens is 6. The summed E-state index contributed by atoms with van der Waals surface area (Å²) in [5, 5.41) is 17.6. The van der Waals surface area contributed by atoms with Crippen molar-refractivity contribution in [1.82, 2.24) is 29.7 Å². The van der Waals surface area contributed by atoms with Crippen molar-refractivity contribution >= 4 is 42.7 Å². The molecule has 3 heterocycles. The predicted molar refractivity (Wildman–Crippen MR) is 179 cm³/mol. The number of ether oxygens (including phenoxy) is 2. The average Bonchev–Trinajstić information content (AvgIpc) is 3.44. The number of carbonyl (C=O) groups excluding carboxylic acids is 1. The van der Waals surface area contributed by atoms with Gasteiger partial charge in [-0.1, -0.05) is 59.2 Å². The van der Waals surface area contributed by atoms with E-state index in [2.05, 4.69) is 78.0 Å². The maximum absolute atomic E-state index is 13.6. The number of nitrogens with one attached hydrogen (secondary N) is 1. The van der Waals surface area contributed by atoms with Gasteiger partial charge in [0.15, 0.2) is 19.8 Å². The van der Waals surface area contributed by atoms with Crippen LogP contribution < -0.4 is 10.1 Å². The third kappa shape index (κ3) is 7.53. The second-order valence-corrected chi connectivity index (χ2v) is 18.0. The SMILES string of the molecule is Cc1cnc(NC(=O)C(COC(C)CO[Si](C(C)C)(C(C)C)C(C)C)Oc2ncnc3c2cnn3-c2c(Cl)cccc2C#N)cn1. The number of nitriles is 1. The second-order valence-electron chi connectivity index (χ2n) is 12.1. The van der Waals surface area contributed by atoms with Gasteiger partial charge in [0.05, 0.1) is 54.2 Å². The molecule has 0 aliphatic rings. The maximum Gasteiger partial charge on any atom is 0.269 e. The number of amides is 1. The molecule has 2 atom stereocenters. The normalized spacial score (nSPS) is 13.3. The van der Waals surface area contributed by atoms with E-state index < -0.39 is 20.3 Å². The van der Waals surface area contributed by atoms with E-state index in [4.69, 9.17) is 25.5 Å². The summed E-state index contributed by atoms with van der Waals surface area (Å²) in [6.07, 6.45) is 4.37. The highest BCUT2D eigenvalue weighted by Gasteiger charge is 2.45. The van der Waals surface area contributed by atoms with Crippen LogP contribution in [0.5, 0.6) is 5.88 Å². The van der Waals surface area contributed by atoms with Crippen LogP contribution in [0.2, 0.25) is 21.6 Å². The molecule has 3 aromatic heterocycles. The third-order valence-corrected chi connectivity index (χ3v) is 14.4. The Balaban J connectivity index is 1.60. The number of hydrogen-bond acceptors (Lipinski definition) is 10. The number of nitrogens with zero attached hydrogens (tertiary/aromatic N) is 7. The molecule has 0 saturated carbocycles. The fourth-order valence-corrected chi connectivity index (χ4v) is 11.7. The Hall–Kier alpha value is -3.96. The van der Waals surface area contributed by atoms with Crippen molar-refractivity contribution in [2.24, 2.45) is 0 Å². The minimum atomic E-state index is -2.11. The van der Waals surface area contributed by atoms with Crippen LogP contribution in [0.25, 0.3) is 16.7 Å². The lowest BCUT2D eigenvalue weighted by Crippen LogP contribution is -2.49. The first kappa shape index (κ1) is 34.9. The minimum absolute atomic E-state index is 0.0992. The van der Waals surface area contributed by atoms with Crippen molar-refractivity contribution in [2.75, 3.05) is 18.5 Å². The fraction of sp³-hybridized carbons (Fsp3) is 0.469. The van der Waals surface area contributed by atoms with Gasteiger partial charge in [-0.25, -0.2) is 19.6 Å². The van der Waals surface area contributed by atoms with E-state index in [1.165, 1.54) is 23.4 Å². The Morgan fingerprint density at radius 2 is 1.72 bits per heavy atom. The molecule has 14 heteroatoms. The zero-order chi connectivity index (χ0) is 33.6. The Labute approximate surface area is 275 Å². The van der Waals surface area contributed by atoms with E-state index in [1.54, 1.807) is 31.3 Å². The average molecular weight is 665 g/mol. The van der Waals surface area contributed by atoms with E-state index in [1.807, 2.05) is 6.92 Å². The highest BCUT2D eigenvalue weighted by atomic mass is 35.5. The topological polar surface area (TPSA) is 150 Å². The van der Waals surface area contributed by atoms with Gasteiger partial charge in [0, 0.05) is 0 Å². The summed E-state index contributed by atoms with van der Waals surface area (Å²) in [6.45, 7) is 17.4. The van der Waals surface area contributed by atoms with Gasteiger partial charge in [-0.05, 0) is 42.6 Å². The van der Waals surface area contributed by atoms with E-state index in [0.717, 1.165) is 0 Å². The van der Waals surface area contributed by atoms with Gasteiger partial charge in [0.25, 0.3) is 5.91 Å². The largest absolute Gasteiger partial charge is 0.461 e. The first-order chi connectivity index (χ1) is 21.9. The number of benzene rings is 1. The van der Waals surface area contributed by atoms with Crippen molar-refractivity contribution in [3.63, 3.8) is 0 Å². The van der Waals surface area contributed by atoms with E-state index in [9.17, 15) is 10.1 Å². The van der Waals surface area contributed by atoms with Crippen LogP contribution in [0.3, 0.4) is 0 Å². The van der Waals surface area contributed by atoms with E-state index in [-0.39, 0.29) is 24.4 Å². The molecule has 0 aliphatic carbocycles.